The molecule has 4 rings (SSSR count). The highest BCUT2D eigenvalue weighted by molar-refractivity contribution is 7.94. The van der Waals surface area contributed by atoms with Gasteiger partial charge in [-0.1, -0.05) is 58.0 Å². The van der Waals surface area contributed by atoms with Crippen molar-refractivity contribution >= 4 is 18.0 Å². The van der Waals surface area contributed by atoms with Gasteiger partial charge in [0, 0.05) is 37.3 Å². The minimum absolute atomic E-state index is 0.0260. The predicted octanol–water partition coefficient (Wildman–Crippen LogP) is 5.46. The van der Waals surface area contributed by atoms with Crippen LogP contribution in [0, 0.1) is 16.7 Å². The van der Waals surface area contributed by atoms with Crippen LogP contribution in [0.1, 0.15) is 71.5 Å². The second kappa shape index (κ2) is 9.02. The molecule has 1 aromatic rings. The van der Waals surface area contributed by atoms with E-state index >= 15 is 0 Å². The van der Waals surface area contributed by atoms with Gasteiger partial charge in [0.2, 0.25) is 5.79 Å². The fourth-order valence-electron chi connectivity index (χ4n) is 5.91. The first-order valence-electron chi connectivity index (χ1n) is 11.6. The Morgan fingerprint density at radius 1 is 1.16 bits per heavy atom. The van der Waals surface area contributed by atoms with Crippen molar-refractivity contribution in [3.63, 3.8) is 0 Å². The number of nitrogens with zero attached hydrogens (tertiary/aromatic N) is 1. The zero-order valence-corrected chi connectivity index (χ0v) is 19.9. The Bertz CT molecular complexity index is 768. The van der Waals surface area contributed by atoms with E-state index in [0.29, 0.717) is 11.7 Å². The Morgan fingerprint density at radius 2 is 1.87 bits per heavy atom. The first-order valence-corrected chi connectivity index (χ1v) is 12.5. The molecule has 0 N–H and O–H groups in total. The molecule has 1 heterocycles. The van der Waals surface area contributed by atoms with Crippen LogP contribution in [0.3, 0.4) is 0 Å². The molecule has 172 valence electrons. The fraction of sp³-hybridized carbons (Fsp3) is 0.708. The van der Waals surface area contributed by atoms with E-state index < -0.39 is 11.9 Å². The first-order chi connectivity index (χ1) is 14.9. The highest BCUT2D eigenvalue weighted by Gasteiger charge is 2.76. The monoisotopic (exact) mass is 449 g/mol. The van der Waals surface area contributed by atoms with E-state index in [1.165, 1.54) is 12.0 Å². The van der Waals surface area contributed by atoms with Crippen LogP contribution >= 0.6 is 12.0 Å². The van der Waals surface area contributed by atoms with E-state index in [1.807, 2.05) is 35.4 Å². The van der Waals surface area contributed by atoms with Crippen molar-refractivity contribution in [3.05, 3.63) is 35.9 Å². The van der Waals surface area contributed by atoms with Gasteiger partial charge < -0.3 is 9.47 Å². The van der Waals surface area contributed by atoms with E-state index in [0.717, 1.165) is 50.8 Å². The lowest BCUT2D eigenvalue weighted by Gasteiger charge is -2.45. The van der Waals surface area contributed by atoms with Crippen LogP contribution in [0.4, 0.5) is 0 Å². The lowest BCUT2D eigenvalue weighted by molar-refractivity contribution is -0.360. The van der Waals surface area contributed by atoms with Crippen molar-refractivity contribution < 1.29 is 23.6 Å². The van der Waals surface area contributed by atoms with Gasteiger partial charge in [-0.2, -0.15) is 5.06 Å². The van der Waals surface area contributed by atoms with Crippen LogP contribution in [0.5, 0.6) is 0 Å². The molecule has 6 nitrogen and oxygen atoms in total. The van der Waals surface area contributed by atoms with Gasteiger partial charge in [0.1, 0.15) is 0 Å². The molecule has 1 aromatic carbocycles. The number of esters is 1. The van der Waals surface area contributed by atoms with Crippen LogP contribution < -0.4 is 0 Å². The second-order valence-electron chi connectivity index (χ2n) is 9.66. The summed E-state index contributed by atoms with van der Waals surface area (Å²) in [5.41, 5.74) is 0.502. The van der Waals surface area contributed by atoms with E-state index in [2.05, 4.69) is 27.7 Å². The molecule has 1 spiro atoms. The number of hydrogen-bond acceptors (Lipinski definition) is 7. The molecule has 1 saturated heterocycles. The third kappa shape index (κ3) is 3.82. The molecule has 2 bridgehead atoms. The highest BCUT2D eigenvalue weighted by Crippen LogP contribution is 2.73. The number of carbonyl (C=O) groups is 1. The van der Waals surface area contributed by atoms with E-state index in [4.69, 9.17) is 18.8 Å². The van der Waals surface area contributed by atoms with Crippen molar-refractivity contribution in [1.82, 2.24) is 5.06 Å². The molecule has 4 unspecified atom stereocenters. The van der Waals surface area contributed by atoms with Gasteiger partial charge in [0.05, 0.1) is 5.41 Å². The Labute approximate surface area is 190 Å². The van der Waals surface area contributed by atoms with E-state index in [-0.39, 0.29) is 16.8 Å². The molecule has 7 heteroatoms. The molecule has 0 amide bonds. The second-order valence-corrected chi connectivity index (χ2v) is 10.3. The largest absolute Gasteiger partial charge is 0.430 e. The Morgan fingerprint density at radius 3 is 2.52 bits per heavy atom. The van der Waals surface area contributed by atoms with Crippen molar-refractivity contribution in [2.24, 2.45) is 16.7 Å². The van der Waals surface area contributed by atoms with Crippen LogP contribution in [-0.2, 0) is 23.6 Å². The van der Waals surface area contributed by atoms with E-state index in [9.17, 15) is 4.79 Å². The third-order valence-electron chi connectivity index (χ3n) is 7.74. The van der Waals surface area contributed by atoms with Crippen LogP contribution in [0.25, 0.3) is 0 Å². The summed E-state index contributed by atoms with van der Waals surface area (Å²) in [6, 6.07) is 9.65. The minimum atomic E-state index is -0.903. The fourth-order valence-corrected chi connectivity index (χ4v) is 7.02. The molecule has 1 aliphatic heterocycles. The maximum absolute atomic E-state index is 12.9. The molecule has 2 aliphatic carbocycles. The summed E-state index contributed by atoms with van der Waals surface area (Å²) in [6.45, 7) is 10.5. The zero-order chi connectivity index (χ0) is 22.1. The highest BCUT2D eigenvalue weighted by atomic mass is 32.2. The number of hydrogen-bond donors (Lipinski definition) is 0. The average molecular weight is 450 g/mol. The maximum Gasteiger partial charge on any atom is 0.342 e. The maximum atomic E-state index is 12.9. The average Bonchev–Trinajstić information content (AvgIpc) is 3.27. The number of rotatable bonds is 10. The molecule has 0 radical (unpaired) electrons. The number of hydroxylamine groups is 2. The molecule has 3 aliphatic rings. The predicted molar refractivity (Wildman–Crippen MR) is 119 cm³/mol. The van der Waals surface area contributed by atoms with Crippen molar-refractivity contribution in [2.45, 2.75) is 71.7 Å². The summed E-state index contributed by atoms with van der Waals surface area (Å²) < 4.78 is 18.3. The molecule has 0 aromatic heterocycles. The first kappa shape index (κ1) is 23.1. The Balaban J connectivity index is 1.49. The lowest BCUT2D eigenvalue weighted by Crippen LogP contribution is -2.52. The molecular weight excluding hydrogens is 414 g/mol. The Hall–Kier alpha value is -1.12. The van der Waals surface area contributed by atoms with Crippen molar-refractivity contribution in [3.8, 4) is 0 Å². The van der Waals surface area contributed by atoms with Crippen LogP contribution in [-0.4, -0.2) is 35.7 Å². The number of carbonyl (C=O) groups excluding carboxylic acids is 1. The topological polar surface area (TPSA) is 57.2 Å². The smallest absolute Gasteiger partial charge is 0.342 e. The summed E-state index contributed by atoms with van der Waals surface area (Å²) >= 11 is 1.31. The van der Waals surface area contributed by atoms with Gasteiger partial charge in [0.15, 0.2) is 6.10 Å². The van der Waals surface area contributed by atoms with Crippen molar-refractivity contribution in [1.29, 1.82) is 0 Å². The standard InChI is InChI=1S/C24H35NO5S/c1-5-14-25(15-6-2)29-30-31-17-23-13-12-19(22(23,3)4)16-24(23)27-20(21(26)28-24)18-10-8-7-9-11-18/h7-11,19-20H,5-6,12-17H2,1-4H3. The molecule has 3 fully saturated rings. The normalized spacial score (nSPS) is 33.5. The Kier molecular flexibility index (Phi) is 6.71. The van der Waals surface area contributed by atoms with Gasteiger partial charge in [0.25, 0.3) is 0 Å². The van der Waals surface area contributed by atoms with Crippen molar-refractivity contribution in [2.75, 3.05) is 18.8 Å². The number of fused-ring (bicyclic) bond motifs is 3. The SMILES string of the molecule is CCCN(CCC)OOSCC12CCC(CC13OC(=O)C(c1ccccc1)O3)C2(C)C. The minimum Gasteiger partial charge on any atom is -0.430 e. The van der Waals surface area contributed by atoms with Gasteiger partial charge in [-0.25, -0.2) is 4.79 Å². The molecule has 31 heavy (non-hydrogen) atoms. The van der Waals surface area contributed by atoms with Gasteiger partial charge in [-0.15, -0.1) is 9.32 Å². The number of benzene rings is 1. The zero-order valence-electron chi connectivity index (χ0n) is 19.1. The summed E-state index contributed by atoms with van der Waals surface area (Å²) in [7, 11) is 0. The van der Waals surface area contributed by atoms with E-state index in [1.54, 1.807) is 0 Å². The third-order valence-corrected chi connectivity index (χ3v) is 8.51. The quantitative estimate of drug-likeness (QED) is 0.155. The van der Waals surface area contributed by atoms with Gasteiger partial charge in [-0.05, 0) is 42.6 Å². The summed E-state index contributed by atoms with van der Waals surface area (Å²) in [5, 5.41) is 1.86. The molecule has 2 saturated carbocycles. The number of ether oxygens (including phenoxy) is 2. The summed E-state index contributed by atoms with van der Waals surface area (Å²) in [6.07, 6.45) is 4.14. The van der Waals surface area contributed by atoms with Gasteiger partial charge >= 0.3 is 5.97 Å². The van der Waals surface area contributed by atoms with Gasteiger partial charge in [-0.3, -0.25) is 0 Å². The lowest BCUT2D eigenvalue weighted by atomic mass is 9.68. The molecular formula is C24H35NO5S. The van der Waals surface area contributed by atoms with Crippen LogP contribution in [0.15, 0.2) is 30.3 Å². The van der Waals surface area contributed by atoms with Crippen LogP contribution in [0.2, 0.25) is 0 Å². The molecule has 4 atom stereocenters. The summed E-state index contributed by atoms with van der Waals surface area (Å²) in [5.74, 6) is -0.0849. The summed E-state index contributed by atoms with van der Waals surface area (Å²) in [4.78, 5) is 18.5.